The molecule has 3 N–H and O–H groups in total. The zero-order chi connectivity index (χ0) is 30.4. The summed E-state index contributed by atoms with van der Waals surface area (Å²) in [5.41, 5.74) is -0.660. The molecule has 1 unspecified atom stereocenters. The van der Waals surface area contributed by atoms with E-state index in [0.717, 1.165) is 21.2 Å². The van der Waals surface area contributed by atoms with Crippen molar-refractivity contribution in [2.75, 3.05) is 7.05 Å². The van der Waals surface area contributed by atoms with Gasteiger partial charge in [0.15, 0.2) is 5.78 Å². The highest BCUT2D eigenvalue weighted by Crippen LogP contribution is 2.23. The van der Waals surface area contributed by atoms with Crippen LogP contribution in [0.3, 0.4) is 0 Å². The molecular formula is C31H43N3O6. The Labute approximate surface area is 237 Å². The van der Waals surface area contributed by atoms with Crippen molar-refractivity contribution in [3.8, 4) is 0 Å². The summed E-state index contributed by atoms with van der Waals surface area (Å²) in [5.74, 6) is -2.10. The van der Waals surface area contributed by atoms with Gasteiger partial charge in [-0.05, 0) is 55.9 Å². The predicted octanol–water partition coefficient (Wildman–Crippen LogP) is 4.34. The third-order valence-electron chi connectivity index (χ3n) is 6.55. The van der Waals surface area contributed by atoms with Crippen LogP contribution in [0.15, 0.2) is 55.1 Å². The first-order valence-electron chi connectivity index (χ1n) is 13.3. The number of benzene rings is 2. The van der Waals surface area contributed by atoms with Crippen LogP contribution in [0.2, 0.25) is 0 Å². The van der Waals surface area contributed by atoms with E-state index in [1.54, 1.807) is 41.5 Å². The van der Waals surface area contributed by atoms with Gasteiger partial charge in [0.25, 0.3) is 0 Å². The Morgan fingerprint density at radius 2 is 1.62 bits per heavy atom. The second kappa shape index (κ2) is 13.1. The smallest absolute Gasteiger partial charge is 0.410 e. The van der Waals surface area contributed by atoms with Gasteiger partial charge in [-0.3, -0.25) is 24.6 Å². The van der Waals surface area contributed by atoms with E-state index in [1.165, 1.54) is 20.0 Å². The van der Waals surface area contributed by atoms with Crippen molar-refractivity contribution in [3.63, 3.8) is 0 Å². The number of nitrogens with zero attached hydrogens (tertiary/aromatic N) is 1. The lowest BCUT2D eigenvalue weighted by atomic mass is 9.81. The van der Waals surface area contributed by atoms with Gasteiger partial charge >= 0.3 is 12.1 Å². The number of hydrogen-bond donors (Lipinski definition) is 3. The Kier molecular flexibility index (Phi) is 10.6. The molecule has 0 aliphatic rings. The molecule has 2 rings (SSSR count). The highest BCUT2D eigenvalue weighted by Gasteiger charge is 2.39. The van der Waals surface area contributed by atoms with Crippen molar-refractivity contribution in [1.82, 2.24) is 15.5 Å². The molecular weight excluding hydrogens is 510 g/mol. The van der Waals surface area contributed by atoms with E-state index in [1.807, 2.05) is 42.5 Å². The second-order valence-electron chi connectivity index (χ2n) is 12.1. The molecule has 0 heterocycles. The van der Waals surface area contributed by atoms with Gasteiger partial charge in [0.05, 0.1) is 12.1 Å². The number of carbonyl (C=O) groups is 4. The molecule has 2 aromatic rings. The number of aliphatic carboxylic acids is 1. The summed E-state index contributed by atoms with van der Waals surface area (Å²) < 4.78 is 5.35. The lowest BCUT2D eigenvalue weighted by molar-refractivity contribution is -0.140. The maximum Gasteiger partial charge on any atom is 0.410 e. The summed E-state index contributed by atoms with van der Waals surface area (Å²) in [5, 5.41) is 17.7. The van der Waals surface area contributed by atoms with E-state index in [0.29, 0.717) is 0 Å². The van der Waals surface area contributed by atoms with E-state index in [-0.39, 0.29) is 6.42 Å². The molecule has 0 saturated carbocycles. The Balaban J connectivity index is 2.21. The summed E-state index contributed by atoms with van der Waals surface area (Å²) in [6.07, 6.45) is 0.819. The second-order valence-corrected chi connectivity index (χ2v) is 12.1. The number of likely N-dealkylation sites (N-methyl/N-ethyl adjacent to an activating group) is 1. The van der Waals surface area contributed by atoms with Crippen LogP contribution in [0.1, 0.15) is 54.0 Å². The minimum absolute atomic E-state index is 0.141. The zero-order valence-electron chi connectivity index (χ0n) is 24.8. The summed E-state index contributed by atoms with van der Waals surface area (Å²) in [4.78, 5) is 52.7. The Morgan fingerprint density at radius 1 is 1.02 bits per heavy atom. The third kappa shape index (κ3) is 8.91. The van der Waals surface area contributed by atoms with Crippen molar-refractivity contribution in [1.29, 1.82) is 0 Å². The molecule has 0 fully saturated rings. The minimum atomic E-state index is -1.11. The number of carboxylic acid groups (broad SMARTS) is 1. The normalized spacial score (nSPS) is 14.9. The fourth-order valence-electron chi connectivity index (χ4n) is 4.13. The number of amides is 2. The van der Waals surface area contributed by atoms with Gasteiger partial charge in [-0.1, -0.05) is 69.3 Å². The molecule has 4 atom stereocenters. The minimum Gasteiger partial charge on any atom is -0.480 e. The van der Waals surface area contributed by atoms with Crippen LogP contribution in [0, 0.1) is 5.41 Å². The van der Waals surface area contributed by atoms with E-state index in [9.17, 15) is 24.3 Å². The Hall–Kier alpha value is -3.72. The van der Waals surface area contributed by atoms with E-state index >= 15 is 0 Å². The van der Waals surface area contributed by atoms with Crippen LogP contribution in [0.25, 0.3) is 10.8 Å². The number of ketones is 1. The summed E-state index contributed by atoms with van der Waals surface area (Å²) in [6.45, 7) is 15.8. The van der Waals surface area contributed by atoms with Gasteiger partial charge in [-0.15, -0.1) is 6.58 Å². The van der Waals surface area contributed by atoms with Crippen molar-refractivity contribution in [2.45, 2.75) is 84.7 Å². The quantitative estimate of drug-likeness (QED) is 0.354. The molecule has 218 valence electrons. The molecule has 0 radical (unpaired) electrons. The summed E-state index contributed by atoms with van der Waals surface area (Å²) in [6, 6.07) is 9.45. The standard InChI is InChI=1S/C31H43N3O6/c1-10-23(32-24(28(37)38)18-20-15-16-21-13-11-12-14-22(21)17-20)25(35)26(30(3,4)5)33-27(36)19(2)34(9)29(39)40-31(6,7)8/h10-17,19,23-24,26,32H,1,18H2,2-9H3,(H,33,36)(H,37,38)/t19-,23?,24-,26+/m0/s1. The topological polar surface area (TPSA) is 125 Å². The van der Waals surface area contributed by atoms with Gasteiger partial charge < -0.3 is 15.2 Å². The first kappa shape index (κ1) is 32.5. The van der Waals surface area contributed by atoms with Crippen LogP contribution in [0.5, 0.6) is 0 Å². The number of hydrogen-bond acceptors (Lipinski definition) is 6. The molecule has 0 saturated heterocycles. The third-order valence-corrected chi connectivity index (χ3v) is 6.55. The number of nitrogens with one attached hydrogen (secondary N) is 2. The lowest BCUT2D eigenvalue weighted by Gasteiger charge is -2.35. The monoisotopic (exact) mass is 553 g/mol. The van der Waals surface area contributed by atoms with Crippen LogP contribution in [-0.2, 0) is 25.5 Å². The summed E-state index contributed by atoms with van der Waals surface area (Å²) >= 11 is 0. The Morgan fingerprint density at radius 3 is 2.15 bits per heavy atom. The molecule has 0 aliphatic heterocycles. The summed E-state index contributed by atoms with van der Waals surface area (Å²) in [7, 11) is 1.45. The maximum atomic E-state index is 13.7. The molecule has 2 aromatic carbocycles. The molecule has 2 amide bonds. The molecule has 9 nitrogen and oxygen atoms in total. The van der Waals surface area contributed by atoms with Crippen LogP contribution < -0.4 is 10.6 Å². The maximum absolute atomic E-state index is 13.7. The van der Waals surface area contributed by atoms with Crippen LogP contribution in [0.4, 0.5) is 4.79 Å². The number of Topliss-reactive ketones (excluding diaryl/α,β-unsaturated/α-hetero) is 1. The molecule has 40 heavy (non-hydrogen) atoms. The van der Waals surface area contributed by atoms with Gasteiger partial charge in [-0.25, -0.2) is 4.79 Å². The van der Waals surface area contributed by atoms with Crippen molar-refractivity contribution < 1.29 is 29.0 Å². The fraction of sp³-hybridized carbons (Fsp3) is 0.484. The predicted molar refractivity (Wildman–Crippen MR) is 156 cm³/mol. The number of ether oxygens (including phenoxy) is 1. The van der Waals surface area contributed by atoms with Gasteiger partial charge in [0.1, 0.15) is 17.7 Å². The zero-order valence-corrected chi connectivity index (χ0v) is 24.8. The SMILES string of the molecule is C=CC(N[C@@H](Cc1ccc2ccccc2c1)C(=O)O)C(=O)[C@@H](NC(=O)[C@H](C)N(C)C(=O)OC(C)(C)C)C(C)(C)C. The molecule has 0 spiro atoms. The first-order valence-corrected chi connectivity index (χ1v) is 13.3. The average Bonchev–Trinajstić information content (AvgIpc) is 2.86. The van der Waals surface area contributed by atoms with Crippen LogP contribution in [-0.4, -0.2) is 70.6 Å². The Bertz CT molecular complexity index is 1240. The van der Waals surface area contributed by atoms with Crippen molar-refractivity contribution in [2.24, 2.45) is 5.41 Å². The number of carbonyl (C=O) groups excluding carboxylic acids is 3. The molecule has 0 aromatic heterocycles. The largest absolute Gasteiger partial charge is 0.480 e. The molecule has 0 bridgehead atoms. The number of rotatable bonds is 11. The number of carboxylic acids is 1. The average molecular weight is 554 g/mol. The number of fused-ring (bicyclic) bond motifs is 1. The highest BCUT2D eigenvalue weighted by molar-refractivity contribution is 5.96. The van der Waals surface area contributed by atoms with Gasteiger partial charge in [0, 0.05) is 7.05 Å². The van der Waals surface area contributed by atoms with Gasteiger partial charge in [0.2, 0.25) is 5.91 Å². The lowest BCUT2D eigenvalue weighted by Crippen LogP contribution is -2.59. The van der Waals surface area contributed by atoms with E-state index < -0.39 is 58.9 Å². The van der Waals surface area contributed by atoms with E-state index in [4.69, 9.17) is 4.74 Å². The highest BCUT2D eigenvalue weighted by atomic mass is 16.6. The van der Waals surface area contributed by atoms with Crippen molar-refractivity contribution >= 4 is 34.5 Å². The first-order chi connectivity index (χ1) is 18.4. The van der Waals surface area contributed by atoms with Crippen LogP contribution >= 0.6 is 0 Å². The molecule has 9 heteroatoms. The fourth-order valence-corrected chi connectivity index (χ4v) is 4.13. The van der Waals surface area contributed by atoms with Crippen molar-refractivity contribution in [3.05, 3.63) is 60.7 Å². The van der Waals surface area contributed by atoms with E-state index in [2.05, 4.69) is 17.2 Å². The van der Waals surface area contributed by atoms with Gasteiger partial charge in [-0.2, -0.15) is 0 Å². The molecule has 0 aliphatic carbocycles.